The average Bonchev–Trinajstić information content (AvgIpc) is 2.74. The molecule has 0 saturated heterocycles. The Balaban J connectivity index is 2.27. The van der Waals surface area contributed by atoms with Gasteiger partial charge in [0.05, 0.1) is 6.10 Å². The molecule has 3 atom stereocenters. The van der Waals surface area contributed by atoms with Gasteiger partial charge in [0.25, 0.3) is 0 Å². The summed E-state index contributed by atoms with van der Waals surface area (Å²) in [5.74, 6) is 0.826. The summed E-state index contributed by atoms with van der Waals surface area (Å²) in [6.07, 6.45) is 1.72. The lowest BCUT2D eigenvalue weighted by molar-refractivity contribution is 0.0552. The van der Waals surface area contributed by atoms with Crippen LogP contribution in [-0.4, -0.2) is 26.3 Å². The zero-order chi connectivity index (χ0) is 9.19. The maximum atomic E-state index is 5.36. The Morgan fingerprint density at radius 2 is 2.33 bits per heavy atom. The van der Waals surface area contributed by atoms with Crippen molar-refractivity contribution in [2.24, 2.45) is 11.3 Å². The van der Waals surface area contributed by atoms with Gasteiger partial charge < -0.3 is 10.1 Å². The second kappa shape index (κ2) is 3.75. The van der Waals surface area contributed by atoms with Gasteiger partial charge in [-0.3, -0.25) is 0 Å². The summed E-state index contributed by atoms with van der Waals surface area (Å²) >= 11 is 0. The van der Waals surface area contributed by atoms with Gasteiger partial charge in [0.1, 0.15) is 0 Å². The topological polar surface area (TPSA) is 21.3 Å². The van der Waals surface area contributed by atoms with Gasteiger partial charge in [-0.15, -0.1) is 0 Å². The molecule has 0 aliphatic heterocycles. The molecule has 0 aromatic rings. The third-order valence-electron chi connectivity index (χ3n) is 3.38. The largest absolute Gasteiger partial charge is 0.381 e. The van der Waals surface area contributed by atoms with Gasteiger partial charge >= 0.3 is 0 Å². The SMILES string of the molecule is CCNCC1CC1(C)C(C)OC. The summed E-state index contributed by atoms with van der Waals surface area (Å²) in [5, 5.41) is 3.39. The molecule has 2 nitrogen and oxygen atoms in total. The lowest BCUT2D eigenvalue weighted by Gasteiger charge is -2.18. The quantitative estimate of drug-likeness (QED) is 0.679. The van der Waals surface area contributed by atoms with Crippen LogP contribution < -0.4 is 5.32 Å². The fraction of sp³-hybridized carbons (Fsp3) is 1.00. The van der Waals surface area contributed by atoms with E-state index in [1.165, 1.54) is 6.42 Å². The Kier molecular flexibility index (Phi) is 3.13. The number of hydrogen-bond acceptors (Lipinski definition) is 2. The van der Waals surface area contributed by atoms with Crippen LogP contribution in [-0.2, 0) is 4.74 Å². The maximum absolute atomic E-state index is 5.36. The number of methoxy groups -OCH3 is 1. The van der Waals surface area contributed by atoms with E-state index in [1.807, 2.05) is 0 Å². The zero-order valence-electron chi connectivity index (χ0n) is 8.68. The van der Waals surface area contributed by atoms with Crippen LogP contribution in [0.25, 0.3) is 0 Å². The molecule has 1 rings (SSSR count). The summed E-state index contributed by atoms with van der Waals surface area (Å²) in [5.41, 5.74) is 0.441. The van der Waals surface area contributed by atoms with E-state index in [9.17, 15) is 0 Å². The van der Waals surface area contributed by atoms with E-state index in [-0.39, 0.29) is 0 Å². The van der Waals surface area contributed by atoms with Crippen molar-refractivity contribution >= 4 is 0 Å². The molecule has 1 N–H and O–H groups in total. The fourth-order valence-corrected chi connectivity index (χ4v) is 1.86. The van der Waals surface area contributed by atoms with Crippen molar-refractivity contribution in [1.82, 2.24) is 5.32 Å². The lowest BCUT2D eigenvalue weighted by Crippen LogP contribution is -2.24. The van der Waals surface area contributed by atoms with Crippen LogP contribution in [0, 0.1) is 11.3 Å². The van der Waals surface area contributed by atoms with Gasteiger partial charge in [0, 0.05) is 7.11 Å². The van der Waals surface area contributed by atoms with E-state index in [4.69, 9.17) is 4.74 Å². The standard InChI is InChI=1S/C10H21NO/c1-5-11-7-9-6-10(9,3)8(2)12-4/h8-9,11H,5-7H2,1-4H3. The van der Waals surface area contributed by atoms with E-state index in [1.54, 1.807) is 7.11 Å². The maximum Gasteiger partial charge on any atom is 0.0600 e. The number of nitrogens with one attached hydrogen (secondary N) is 1. The molecule has 0 bridgehead atoms. The van der Waals surface area contributed by atoms with Crippen molar-refractivity contribution in [2.45, 2.75) is 33.3 Å². The van der Waals surface area contributed by atoms with E-state index in [0.29, 0.717) is 11.5 Å². The zero-order valence-corrected chi connectivity index (χ0v) is 8.68. The van der Waals surface area contributed by atoms with Crippen LogP contribution in [0.2, 0.25) is 0 Å². The Morgan fingerprint density at radius 1 is 1.67 bits per heavy atom. The highest BCUT2D eigenvalue weighted by molar-refractivity contribution is 5.03. The predicted octanol–water partition coefficient (Wildman–Crippen LogP) is 1.66. The Labute approximate surface area is 75.7 Å². The average molecular weight is 171 g/mol. The van der Waals surface area contributed by atoms with Gasteiger partial charge in [-0.1, -0.05) is 13.8 Å². The fourth-order valence-electron chi connectivity index (χ4n) is 1.86. The summed E-state index contributed by atoms with van der Waals surface area (Å²) in [6.45, 7) is 8.88. The van der Waals surface area contributed by atoms with E-state index >= 15 is 0 Å². The summed E-state index contributed by atoms with van der Waals surface area (Å²) in [6, 6.07) is 0. The van der Waals surface area contributed by atoms with Crippen LogP contribution in [0.3, 0.4) is 0 Å². The van der Waals surface area contributed by atoms with Gasteiger partial charge in [-0.25, -0.2) is 0 Å². The number of ether oxygens (including phenoxy) is 1. The molecule has 1 saturated carbocycles. The molecule has 3 unspecified atom stereocenters. The molecule has 1 fully saturated rings. The van der Waals surface area contributed by atoms with Crippen molar-refractivity contribution in [3.63, 3.8) is 0 Å². The monoisotopic (exact) mass is 171 g/mol. The summed E-state index contributed by atoms with van der Waals surface area (Å²) in [7, 11) is 1.80. The van der Waals surface area contributed by atoms with Crippen molar-refractivity contribution in [3.05, 3.63) is 0 Å². The number of hydrogen-bond donors (Lipinski definition) is 1. The van der Waals surface area contributed by atoms with Gasteiger partial charge in [-0.05, 0) is 37.8 Å². The molecule has 0 aromatic heterocycles. The van der Waals surface area contributed by atoms with Crippen LogP contribution in [0.1, 0.15) is 27.2 Å². The minimum atomic E-state index is 0.404. The van der Waals surface area contributed by atoms with Crippen molar-refractivity contribution in [2.75, 3.05) is 20.2 Å². The van der Waals surface area contributed by atoms with Crippen molar-refractivity contribution in [1.29, 1.82) is 0 Å². The van der Waals surface area contributed by atoms with Gasteiger partial charge in [0.15, 0.2) is 0 Å². The van der Waals surface area contributed by atoms with E-state index in [2.05, 4.69) is 26.1 Å². The first-order valence-corrected chi connectivity index (χ1v) is 4.88. The van der Waals surface area contributed by atoms with Crippen LogP contribution in [0.15, 0.2) is 0 Å². The molecule has 2 heteroatoms. The molecule has 0 spiro atoms. The molecule has 12 heavy (non-hydrogen) atoms. The molecular formula is C10H21NO. The third-order valence-corrected chi connectivity index (χ3v) is 3.38. The van der Waals surface area contributed by atoms with Crippen LogP contribution in [0.5, 0.6) is 0 Å². The molecule has 0 aromatic carbocycles. The second-order valence-corrected chi connectivity index (χ2v) is 4.09. The van der Waals surface area contributed by atoms with Crippen LogP contribution in [0.4, 0.5) is 0 Å². The Bertz CT molecular complexity index is 147. The normalized spacial score (nSPS) is 36.5. The minimum Gasteiger partial charge on any atom is -0.381 e. The third kappa shape index (κ3) is 1.80. The molecule has 0 radical (unpaired) electrons. The highest BCUT2D eigenvalue weighted by Crippen LogP contribution is 2.55. The van der Waals surface area contributed by atoms with E-state index < -0.39 is 0 Å². The highest BCUT2D eigenvalue weighted by atomic mass is 16.5. The van der Waals surface area contributed by atoms with Crippen molar-refractivity contribution in [3.8, 4) is 0 Å². The predicted molar refractivity (Wildman–Crippen MR) is 51.2 cm³/mol. The molecule has 72 valence electrons. The first-order valence-electron chi connectivity index (χ1n) is 4.88. The number of rotatable bonds is 5. The highest BCUT2D eigenvalue weighted by Gasteiger charge is 2.53. The van der Waals surface area contributed by atoms with Crippen LogP contribution >= 0.6 is 0 Å². The Hall–Kier alpha value is -0.0800. The molecule has 1 aliphatic rings. The molecule has 1 aliphatic carbocycles. The van der Waals surface area contributed by atoms with E-state index in [0.717, 1.165) is 19.0 Å². The minimum absolute atomic E-state index is 0.404. The van der Waals surface area contributed by atoms with Crippen molar-refractivity contribution < 1.29 is 4.74 Å². The smallest absolute Gasteiger partial charge is 0.0600 e. The first-order chi connectivity index (χ1) is 5.65. The Morgan fingerprint density at radius 3 is 2.83 bits per heavy atom. The van der Waals surface area contributed by atoms with Gasteiger partial charge in [-0.2, -0.15) is 0 Å². The summed E-state index contributed by atoms with van der Waals surface area (Å²) < 4.78 is 5.36. The molecule has 0 heterocycles. The van der Waals surface area contributed by atoms with Gasteiger partial charge in [0.2, 0.25) is 0 Å². The summed E-state index contributed by atoms with van der Waals surface area (Å²) in [4.78, 5) is 0. The molecule has 0 amide bonds. The lowest BCUT2D eigenvalue weighted by atomic mass is 10.00. The molecular weight excluding hydrogens is 150 g/mol. The second-order valence-electron chi connectivity index (χ2n) is 4.09. The first kappa shape index (κ1) is 10.0.